The second-order valence-corrected chi connectivity index (χ2v) is 11.7. The molecule has 4 atom stereocenters. The summed E-state index contributed by atoms with van der Waals surface area (Å²) >= 11 is 1.60. The van der Waals surface area contributed by atoms with Crippen molar-refractivity contribution in [3.63, 3.8) is 0 Å². The van der Waals surface area contributed by atoms with Crippen LogP contribution in [-0.2, 0) is 22.1 Å². The molecule has 0 aliphatic carbocycles. The molecule has 0 saturated carbocycles. The first-order valence-corrected chi connectivity index (χ1v) is 13.6. The summed E-state index contributed by atoms with van der Waals surface area (Å²) < 4.78 is 1.70. The molecule has 1 saturated heterocycles. The van der Waals surface area contributed by atoms with Gasteiger partial charge in [0.2, 0.25) is 5.91 Å². The van der Waals surface area contributed by atoms with Crippen molar-refractivity contribution in [2.45, 2.75) is 64.0 Å². The Labute approximate surface area is 221 Å². The van der Waals surface area contributed by atoms with Crippen LogP contribution in [0.25, 0.3) is 10.4 Å². The summed E-state index contributed by atoms with van der Waals surface area (Å²) in [5, 5.41) is 14.8. The first kappa shape index (κ1) is 25.5. The Balaban J connectivity index is 1.39. The van der Waals surface area contributed by atoms with Gasteiger partial charge in [0, 0.05) is 43.9 Å². The predicted molar refractivity (Wildman–Crippen MR) is 144 cm³/mol. The molecule has 1 aromatic carbocycles. The highest BCUT2D eigenvalue weighted by Crippen LogP contribution is 2.39. The number of rotatable bonds is 6. The molecule has 2 amide bonds. The van der Waals surface area contributed by atoms with Crippen LogP contribution in [0, 0.1) is 12.8 Å². The fourth-order valence-corrected chi connectivity index (χ4v) is 6.49. The zero-order chi connectivity index (χ0) is 26.5. The monoisotopic (exact) mass is 519 g/mol. The van der Waals surface area contributed by atoms with E-state index in [1.54, 1.807) is 27.1 Å². The van der Waals surface area contributed by atoms with E-state index >= 15 is 0 Å². The van der Waals surface area contributed by atoms with E-state index in [1.165, 1.54) is 0 Å². The maximum atomic E-state index is 13.8. The predicted octanol–water partition coefficient (Wildman–Crippen LogP) is 3.88. The van der Waals surface area contributed by atoms with E-state index in [0.717, 1.165) is 27.3 Å². The molecular weight excluding hydrogens is 486 g/mol. The first-order chi connectivity index (χ1) is 17.6. The van der Waals surface area contributed by atoms with Crippen molar-refractivity contribution < 1.29 is 14.7 Å². The number of benzene rings is 1. The lowest BCUT2D eigenvalue weighted by atomic mass is 9.78. The zero-order valence-corrected chi connectivity index (χ0v) is 22.7. The summed E-state index contributed by atoms with van der Waals surface area (Å²) in [7, 11) is 1.83. The van der Waals surface area contributed by atoms with Crippen LogP contribution in [0.2, 0.25) is 0 Å². The molecule has 0 radical (unpaired) electrons. The molecule has 9 heteroatoms. The SMILES string of the molecule is Cc1ncsc1-c1ccc(C2(C)CC(C3CC(O)CN3C(=O)C(c3cnn(C)c3)C(C)C)=NC2=O)cc1. The van der Waals surface area contributed by atoms with Gasteiger partial charge in [-0.3, -0.25) is 14.3 Å². The molecule has 37 heavy (non-hydrogen) atoms. The highest BCUT2D eigenvalue weighted by molar-refractivity contribution is 7.13. The van der Waals surface area contributed by atoms with E-state index in [9.17, 15) is 14.7 Å². The van der Waals surface area contributed by atoms with Crippen molar-refractivity contribution >= 4 is 28.9 Å². The molecule has 2 aromatic heterocycles. The van der Waals surface area contributed by atoms with Crippen LogP contribution in [0.1, 0.15) is 56.4 Å². The summed E-state index contributed by atoms with van der Waals surface area (Å²) in [6.07, 6.45) is 3.76. The minimum Gasteiger partial charge on any atom is -0.391 e. The molecule has 3 aromatic rings. The van der Waals surface area contributed by atoms with Crippen LogP contribution in [0.4, 0.5) is 0 Å². The molecule has 2 aliphatic heterocycles. The average molecular weight is 520 g/mol. The fourth-order valence-electron chi connectivity index (χ4n) is 5.68. The smallest absolute Gasteiger partial charge is 0.256 e. The van der Waals surface area contributed by atoms with Crippen LogP contribution in [0.3, 0.4) is 0 Å². The van der Waals surface area contributed by atoms with E-state index in [2.05, 4.69) is 15.1 Å². The van der Waals surface area contributed by atoms with E-state index in [1.807, 2.05) is 70.7 Å². The zero-order valence-electron chi connectivity index (χ0n) is 21.9. The lowest BCUT2D eigenvalue weighted by molar-refractivity contribution is -0.134. The number of carbonyl (C=O) groups is 2. The summed E-state index contributed by atoms with van der Waals surface area (Å²) in [6.45, 7) is 8.18. The lowest BCUT2D eigenvalue weighted by Gasteiger charge is -2.31. The van der Waals surface area contributed by atoms with E-state index in [0.29, 0.717) is 18.6 Å². The number of thiazole rings is 1. The van der Waals surface area contributed by atoms with Gasteiger partial charge in [-0.15, -0.1) is 11.3 Å². The Kier molecular flexibility index (Phi) is 6.62. The number of hydrogen-bond donors (Lipinski definition) is 1. The van der Waals surface area contributed by atoms with Crippen LogP contribution >= 0.6 is 11.3 Å². The van der Waals surface area contributed by atoms with Crippen LogP contribution < -0.4 is 0 Å². The van der Waals surface area contributed by atoms with E-state index in [-0.39, 0.29) is 30.2 Å². The fraction of sp³-hybridized carbons (Fsp3) is 0.464. The number of β-amino-alcohol motifs (C(OH)–C–C–N with tert-alkyl or cyclic N) is 1. The number of hydrogen-bond acceptors (Lipinski definition) is 6. The third-order valence-electron chi connectivity index (χ3n) is 7.75. The number of likely N-dealkylation sites (tertiary alicyclic amines) is 1. The summed E-state index contributed by atoms with van der Waals surface area (Å²) in [4.78, 5) is 38.8. The number of aliphatic imine (C=N–C) groups is 1. The Bertz CT molecular complexity index is 1360. The van der Waals surface area contributed by atoms with Crippen molar-refractivity contribution in [2.75, 3.05) is 6.54 Å². The maximum absolute atomic E-state index is 13.8. The summed E-state index contributed by atoms with van der Waals surface area (Å²) in [5.41, 5.74) is 5.52. The van der Waals surface area contributed by atoms with Crippen molar-refractivity contribution in [1.29, 1.82) is 0 Å². The van der Waals surface area contributed by atoms with Gasteiger partial charge in [0.25, 0.3) is 5.91 Å². The molecule has 4 unspecified atom stereocenters. The van der Waals surface area contributed by atoms with Gasteiger partial charge in [-0.2, -0.15) is 5.10 Å². The standard InChI is InChI=1S/C28H33N5O3S/c1-16(2)24(19-12-30-32(5)13-19)26(35)33-14-21(34)10-23(33)22-11-28(4,27(36)31-22)20-8-6-18(7-9-20)25-17(3)29-15-37-25/h6-9,12-13,15-16,21,23-24,34H,10-11,14H2,1-5H3. The van der Waals surface area contributed by atoms with Gasteiger partial charge in [0.05, 0.1) is 45.8 Å². The molecule has 1 N–H and O–H groups in total. The van der Waals surface area contributed by atoms with Crippen molar-refractivity contribution in [1.82, 2.24) is 19.7 Å². The quantitative estimate of drug-likeness (QED) is 0.533. The number of carbonyl (C=O) groups excluding carboxylic acids is 2. The molecule has 4 heterocycles. The molecule has 8 nitrogen and oxygen atoms in total. The molecule has 194 valence electrons. The minimum absolute atomic E-state index is 0.0493. The van der Waals surface area contributed by atoms with Crippen LogP contribution in [0.5, 0.6) is 0 Å². The third-order valence-corrected chi connectivity index (χ3v) is 8.72. The van der Waals surface area contributed by atoms with Gasteiger partial charge in [0.1, 0.15) is 0 Å². The van der Waals surface area contributed by atoms with Crippen molar-refractivity contribution in [3.8, 4) is 10.4 Å². The van der Waals surface area contributed by atoms with Crippen molar-refractivity contribution in [2.24, 2.45) is 18.0 Å². The van der Waals surface area contributed by atoms with Crippen LogP contribution in [0.15, 0.2) is 47.2 Å². The van der Waals surface area contributed by atoms with Gasteiger partial charge < -0.3 is 10.0 Å². The van der Waals surface area contributed by atoms with Gasteiger partial charge in [-0.05, 0) is 30.9 Å². The maximum Gasteiger partial charge on any atom is 0.256 e. The number of aromatic nitrogens is 3. The third kappa shape index (κ3) is 4.55. The molecule has 2 aliphatic rings. The molecular formula is C28H33N5O3S. The molecule has 0 spiro atoms. The Hall–Kier alpha value is -3.17. The van der Waals surface area contributed by atoms with Crippen LogP contribution in [-0.4, -0.2) is 61.0 Å². The summed E-state index contributed by atoms with van der Waals surface area (Å²) in [6, 6.07) is 7.65. The highest BCUT2D eigenvalue weighted by Gasteiger charge is 2.48. The average Bonchev–Trinajstić information content (AvgIpc) is 3.62. The summed E-state index contributed by atoms with van der Waals surface area (Å²) in [5.74, 6) is -0.593. The Morgan fingerprint density at radius 3 is 2.57 bits per heavy atom. The number of nitrogens with zero attached hydrogens (tertiary/aromatic N) is 5. The van der Waals surface area contributed by atoms with Gasteiger partial charge >= 0.3 is 0 Å². The van der Waals surface area contributed by atoms with E-state index in [4.69, 9.17) is 0 Å². The Morgan fingerprint density at radius 2 is 1.97 bits per heavy atom. The van der Waals surface area contributed by atoms with Crippen molar-refractivity contribution in [3.05, 3.63) is 59.0 Å². The number of aliphatic hydroxyl groups is 1. The van der Waals surface area contributed by atoms with E-state index < -0.39 is 17.6 Å². The molecule has 1 fully saturated rings. The number of aryl methyl sites for hydroxylation is 2. The second kappa shape index (κ2) is 9.61. The Morgan fingerprint density at radius 1 is 1.24 bits per heavy atom. The highest BCUT2D eigenvalue weighted by atomic mass is 32.1. The van der Waals surface area contributed by atoms with Gasteiger partial charge in [-0.25, -0.2) is 9.98 Å². The molecule has 5 rings (SSSR count). The topological polar surface area (TPSA) is 101 Å². The molecule has 0 bridgehead atoms. The first-order valence-electron chi connectivity index (χ1n) is 12.7. The minimum atomic E-state index is -0.806. The second-order valence-electron chi connectivity index (χ2n) is 10.8. The number of amides is 2. The largest absolute Gasteiger partial charge is 0.391 e. The van der Waals surface area contributed by atoms with Gasteiger partial charge in [-0.1, -0.05) is 38.1 Å². The number of aliphatic hydroxyl groups excluding tert-OH is 1. The normalized spacial score (nSPS) is 24.7. The van der Waals surface area contributed by atoms with Gasteiger partial charge in [0.15, 0.2) is 0 Å². The lowest BCUT2D eigenvalue weighted by Crippen LogP contribution is -2.44.